The van der Waals surface area contributed by atoms with Gasteiger partial charge in [-0.3, -0.25) is 5.41 Å². The molecule has 80 valence electrons. The van der Waals surface area contributed by atoms with Crippen molar-refractivity contribution in [3.05, 3.63) is 35.9 Å². The first-order valence-corrected chi connectivity index (χ1v) is 4.07. The number of nitrogens with two attached hydrogens (primary N) is 1. The van der Waals surface area contributed by atoms with E-state index in [1.54, 1.807) is 0 Å². The van der Waals surface area contributed by atoms with Crippen LogP contribution < -0.4 is 5.73 Å². The number of oxime groups is 1. The average molecular weight is 215 g/mol. The summed E-state index contributed by atoms with van der Waals surface area (Å²) >= 11 is 0. The minimum atomic E-state index is -0.528. The fourth-order valence-corrected chi connectivity index (χ4v) is 0.687. The van der Waals surface area contributed by atoms with Gasteiger partial charge in [-0.05, 0) is 0 Å². The molecular weight excluding hydrogens is 206 g/mol. The Kier molecular flexibility index (Phi) is 6.19. The molecule has 1 aromatic carbocycles. The summed E-state index contributed by atoms with van der Waals surface area (Å²) in [6, 6.07) is 11.9. The summed E-state index contributed by atoms with van der Waals surface area (Å²) in [6.45, 7) is 0. The Balaban J connectivity index is 0.000000293. The van der Waals surface area contributed by atoms with Crippen LogP contribution in [0.25, 0.3) is 0 Å². The minimum absolute atomic E-state index is 0.121. The van der Waals surface area contributed by atoms with Gasteiger partial charge in [0.25, 0.3) is 5.71 Å². The molecule has 0 atom stereocenters. The maximum atomic E-state index is 7.76. The lowest BCUT2D eigenvalue weighted by Crippen LogP contribution is -2.10. The Bertz CT molecular complexity index is 436. The van der Waals surface area contributed by atoms with E-state index in [1.807, 2.05) is 30.3 Å². The van der Waals surface area contributed by atoms with Gasteiger partial charge in [-0.1, -0.05) is 35.5 Å². The molecule has 0 fully saturated rings. The molecular formula is C10H9N5O. The highest BCUT2D eigenvalue weighted by atomic mass is 16.4. The SMILES string of the molecule is N#CC(C#N)=NO.N=C(N)c1ccccc1. The Morgan fingerprint density at radius 2 is 1.75 bits per heavy atom. The molecule has 6 nitrogen and oxygen atoms in total. The quantitative estimate of drug-likeness (QED) is 0.277. The minimum Gasteiger partial charge on any atom is -0.409 e. The fourth-order valence-electron chi connectivity index (χ4n) is 0.687. The third-order valence-electron chi connectivity index (χ3n) is 1.40. The van der Waals surface area contributed by atoms with E-state index in [1.165, 1.54) is 12.1 Å². The molecule has 0 radical (unpaired) electrons. The van der Waals surface area contributed by atoms with Crippen molar-refractivity contribution in [1.29, 1.82) is 15.9 Å². The van der Waals surface area contributed by atoms with E-state index in [4.69, 9.17) is 26.9 Å². The molecule has 0 heterocycles. The molecule has 0 amide bonds. The Labute approximate surface area is 92.4 Å². The van der Waals surface area contributed by atoms with Crippen molar-refractivity contribution in [3.8, 4) is 12.1 Å². The predicted molar refractivity (Wildman–Crippen MR) is 57.9 cm³/mol. The summed E-state index contributed by atoms with van der Waals surface area (Å²) < 4.78 is 0. The Morgan fingerprint density at radius 3 is 1.94 bits per heavy atom. The molecule has 0 aliphatic carbocycles. The van der Waals surface area contributed by atoms with Crippen LogP contribution in [0.3, 0.4) is 0 Å². The number of hydrogen-bond donors (Lipinski definition) is 3. The molecule has 0 unspecified atom stereocenters. The van der Waals surface area contributed by atoms with E-state index in [0.29, 0.717) is 0 Å². The van der Waals surface area contributed by atoms with Crippen LogP contribution in [0.1, 0.15) is 5.56 Å². The number of amidine groups is 1. The second-order valence-corrected chi connectivity index (χ2v) is 2.45. The molecule has 0 bridgehead atoms. The van der Waals surface area contributed by atoms with Crippen molar-refractivity contribution >= 4 is 11.5 Å². The van der Waals surface area contributed by atoms with E-state index >= 15 is 0 Å². The predicted octanol–water partition coefficient (Wildman–Crippen LogP) is 0.834. The monoisotopic (exact) mass is 215 g/mol. The van der Waals surface area contributed by atoms with Crippen molar-refractivity contribution in [1.82, 2.24) is 0 Å². The Morgan fingerprint density at radius 1 is 1.25 bits per heavy atom. The normalized spacial score (nSPS) is 7.38. The van der Waals surface area contributed by atoms with E-state index in [9.17, 15) is 0 Å². The number of hydrogen-bond acceptors (Lipinski definition) is 5. The van der Waals surface area contributed by atoms with E-state index in [0.717, 1.165) is 5.56 Å². The lowest BCUT2D eigenvalue weighted by molar-refractivity contribution is 0.320. The maximum Gasteiger partial charge on any atom is 0.255 e. The number of rotatable bonds is 1. The third kappa shape index (κ3) is 5.00. The molecule has 1 rings (SSSR count). The number of nitrogens with zero attached hydrogens (tertiary/aromatic N) is 3. The topological polar surface area (TPSA) is 130 Å². The maximum absolute atomic E-state index is 7.76. The molecule has 0 aromatic heterocycles. The van der Waals surface area contributed by atoms with Gasteiger partial charge in [-0.15, -0.1) is 0 Å². The van der Waals surface area contributed by atoms with Crippen molar-refractivity contribution in [3.63, 3.8) is 0 Å². The van der Waals surface area contributed by atoms with Gasteiger partial charge >= 0.3 is 0 Å². The average Bonchev–Trinajstić information content (AvgIpc) is 2.33. The van der Waals surface area contributed by atoms with Crippen molar-refractivity contribution in [2.75, 3.05) is 0 Å². The summed E-state index contributed by atoms with van der Waals surface area (Å²) in [5, 5.41) is 32.5. The molecule has 0 aliphatic heterocycles. The van der Waals surface area contributed by atoms with Crippen LogP contribution in [0.4, 0.5) is 0 Å². The lowest BCUT2D eigenvalue weighted by Gasteiger charge is -1.93. The lowest BCUT2D eigenvalue weighted by atomic mass is 10.2. The molecule has 0 aliphatic rings. The van der Waals surface area contributed by atoms with Crippen LogP contribution >= 0.6 is 0 Å². The number of nitriles is 2. The van der Waals surface area contributed by atoms with Crippen molar-refractivity contribution < 1.29 is 5.21 Å². The third-order valence-corrected chi connectivity index (χ3v) is 1.40. The summed E-state index contributed by atoms with van der Waals surface area (Å²) in [5.74, 6) is 0.121. The van der Waals surface area contributed by atoms with Crippen molar-refractivity contribution in [2.24, 2.45) is 10.9 Å². The number of nitrogens with one attached hydrogen (secondary N) is 1. The summed E-state index contributed by atoms with van der Waals surface area (Å²) in [4.78, 5) is 0. The zero-order valence-corrected chi connectivity index (χ0v) is 8.25. The van der Waals surface area contributed by atoms with Gasteiger partial charge < -0.3 is 10.9 Å². The van der Waals surface area contributed by atoms with Gasteiger partial charge in [0.2, 0.25) is 0 Å². The van der Waals surface area contributed by atoms with E-state index in [-0.39, 0.29) is 5.84 Å². The van der Waals surface area contributed by atoms with Gasteiger partial charge in [-0.2, -0.15) is 10.5 Å². The molecule has 6 heteroatoms. The fraction of sp³-hybridized carbons (Fsp3) is 0. The number of nitrogen functional groups attached to an aromatic ring is 1. The van der Waals surface area contributed by atoms with Crippen LogP contribution in [-0.2, 0) is 0 Å². The highest BCUT2D eigenvalue weighted by Crippen LogP contribution is 1.94. The van der Waals surface area contributed by atoms with Gasteiger partial charge in [0, 0.05) is 5.56 Å². The summed E-state index contributed by atoms with van der Waals surface area (Å²) in [5.41, 5.74) is 5.44. The zero-order chi connectivity index (χ0) is 12.4. The second kappa shape index (κ2) is 7.54. The molecule has 0 saturated carbocycles. The highest BCUT2D eigenvalue weighted by molar-refractivity contribution is 6.09. The van der Waals surface area contributed by atoms with Crippen LogP contribution in [0, 0.1) is 28.1 Å². The summed E-state index contributed by atoms with van der Waals surface area (Å²) in [6.07, 6.45) is 0. The van der Waals surface area contributed by atoms with Crippen LogP contribution in [-0.4, -0.2) is 16.8 Å². The molecule has 0 spiro atoms. The van der Waals surface area contributed by atoms with Crippen molar-refractivity contribution in [2.45, 2.75) is 0 Å². The van der Waals surface area contributed by atoms with Crippen LogP contribution in [0.2, 0.25) is 0 Å². The standard InChI is InChI=1S/C7H8N2.C3HN3O/c8-7(9)6-4-2-1-3-5-6;4-1-3(2-5)6-7/h1-5H,(H3,8,9);7H. The van der Waals surface area contributed by atoms with E-state index < -0.39 is 5.71 Å². The summed E-state index contributed by atoms with van der Waals surface area (Å²) in [7, 11) is 0. The largest absolute Gasteiger partial charge is 0.409 e. The van der Waals surface area contributed by atoms with Crippen LogP contribution in [0.5, 0.6) is 0 Å². The first kappa shape index (κ1) is 13.1. The highest BCUT2D eigenvalue weighted by Gasteiger charge is 1.89. The van der Waals surface area contributed by atoms with E-state index in [2.05, 4.69) is 5.16 Å². The first-order valence-electron chi connectivity index (χ1n) is 4.07. The molecule has 1 aromatic rings. The molecule has 0 saturated heterocycles. The van der Waals surface area contributed by atoms with Crippen LogP contribution in [0.15, 0.2) is 35.5 Å². The zero-order valence-electron chi connectivity index (χ0n) is 8.25. The first-order chi connectivity index (χ1) is 7.65. The second-order valence-electron chi connectivity index (χ2n) is 2.45. The van der Waals surface area contributed by atoms with Gasteiger partial charge in [-0.25, -0.2) is 0 Å². The van der Waals surface area contributed by atoms with Gasteiger partial charge in [0.15, 0.2) is 0 Å². The smallest absolute Gasteiger partial charge is 0.255 e. The van der Waals surface area contributed by atoms with Gasteiger partial charge in [0.05, 0.1) is 0 Å². The number of benzene rings is 1. The Hall–Kier alpha value is -2.86. The molecule has 16 heavy (non-hydrogen) atoms. The molecule has 4 N–H and O–H groups in total. The van der Waals surface area contributed by atoms with Gasteiger partial charge in [0.1, 0.15) is 18.0 Å².